The van der Waals surface area contributed by atoms with Gasteiger partial charge >= 0.3 is 10.9 Å². The molecule has 0 aliphatic heterocycles. The first-order valence-corrected chi connectivity index (χ1v) is 4.78. The molecule has 1 N–H and O–H groups in total. The number of aromatic carboxylic acids is 1. The lowest BCUT2D eigenvalue weighted by atomic mass is 10.2. The molecule has 0 spiro atoms. The van der Waals surface area contributed by atoms with Crippen molar-refractivity contribution in [3.05, 3.63) is 27.4 Å². The number of carboxylic acid groups (broad SMARTS) is 1. The maximum Gasteiger partial charge on any atom is 0.396 e. The summed E-state index contributed by atoms with van der Waals surface area (Å²) in [4.78, 5) is 21.3. The lowest BCUT2D eigenvalue weighted by Crippen LogP contribution is -1.99. The van der Waals surface area contributed by atoms with Crippen LogP contribution < -0.4 is 9.68 Å². The lowest BCUT2D eigenvalue weighted by molar-refractivity contribution is 0.0693. The van der Waals surface area contributed by atoms with E-state index in [1.807, 2.05) is 0 Å². The van der Waals surface area contributed by atoms with Gasteiger partial charge in [-0.2, -0.15) is 0 Å². The minimum atomic E-state index is -1.12. The molecular formula is C9H6O5S. The van der Waals surface area contributed by atoms with Crippen LogP contribution in [0.1, 0.15) is 10.4 Å². The summed E-state index contributed by atoms with van der Waals surface area (Å²) in [5.74, 6) is -0.908. The van der Waals surface area contributed by atoms with Crippen molar-refractivity contribution in [2.45, 2.75) is 0 Å². The van der Waals surface area contributed by atoms with Crippen LogP contribution in [0, 0.1) is 0 Å². The van der Waals surface area contributed by atoms with Crippen molar-refractivity contribution in [2.24, 2.45) is 0 Å². The van der Waals surface area contributed by atoms with E-state index in [2.05, 4.69) is 0 Å². The van der Waals surface area contributed by atoms with E-state index in [1.54, 1.807) is 0 Å². The smallest absolute Gasteiger partial charge is 0.396 e. The summed E-state index contributed by atoms with van der Waals surface area (Å²) in [5.41, 5.74) is 0.245. The van der Waals surface area contributed by atoms with Gasteiger partial charge in [-0.25, -0.2) is 9.59 Å². The first-order valence-electron chi connectivity index (χ1n) is 3.97. The predicted octanol–water partition coefficient (Wildman–Crippen LogP) is 1.56. The molecule has 2 aromatic rings. The summed E-state index contributed by atoms with van der Waals surface area (Å²) < 4.78 is 10.3. The standard InChI is InChI=1S/C9H6O5S/c1-13-5-3-7-6(14-9(12)15-7)2-4(5)8(10)11/h2-3H,1H3,(H,10,11). The number of hydrogen-bond donors (Lipinski definition) is 1. The van der Waals surface area contributed by atoms with Crippen LogP contribution in [0.3, 0.4) is 0 Å². The van der Waals surface area contributed by atoms with Crippen molar-refractivity contribution >= 4 is 27.6 Å². The Balaban J connectivity index is 2.79. The fourth-order valence-corrected chi connectivity index (χ4v) is 1.92. The number of fused-ring (bicyclic) bond motifs is 1. The van der Waals surface area contributed by atoms with E-state index in [9.17, 15) is 9.59 Å². The summed E-state index contributed by atoms with van der Waals surface area (Å²) >= 11 is 0.907. The van der Waals surface area contributed by atoms with E-state index in [-0.39, 0.29) is 16.9 Å². The molecule has 0 unspecified atom stereocenters. The second-order valence-electron chi connectivity index (χ2n) is 2.76. The molecule has 15 heavy (non-hydrogen) atoms. The second kappa shape index (κ2) is 3.39. The van der Waals surface area contributed by atoms with Crippen LogP contribution in [0.5, 0.6) is 5.75 Å². The summed E-state index contributed by atoms with van der Waals surface area (Å²) in [6.07, 6.45) is 0. The number of hydrogen-bond acceptors (Lipinski definition) is 5. The first kappa shape index (κ1) is 9.72. The van der Waals surface area contributed by atoms with Gasteiger partial charge in [-0.3, -0.25) is 0 Å². The van der Waals surface area contributed by atoms with Gasteiger partial charge < -0.3 is 14.3 Å². The monoisotopic (exact) mass is 226 g/mol. The molecule has 0 saturated carbocycles. The van der Waals surface area contributed by atoms with Crippen molar-refractivity contribution in [3.8, 4) is 5.75 Å². The van der Waals surface area contributed by atoms with Gasteiger partial charge in [0.2, 0.25) is 0 Å². The first-order chi connectivity index (χ1) is 7.11. The maximum atomic E-state index is 10.9. The number of benzene rings is 1. The average Bonchev–Trinajstić information content (AvgIpc) is 2.54. The van der Waals surface area contributed by atoms with Crippen LogP contribution in [-0.4, -0.2) is 18.2 Å². The fraction of sp³-hybridized carbons (Fsp3) is 0.111. The van der Waals surface area contributed by atoms with Crippen LogP contribution in [0.4, 0.5) is 0 Å². The zero-order valence-corrected chi connectivity index (χ0v) is 8.46. The third-order valence-corrected chi connectivity index (χ3v) is 2.67. The number of ether oxygens (including phenoxy) is 1. The molecule has 0 fully saturated rings. The minimum Gasteiger partial charge on any atom is -0.496 e. The average molecular weight is 226 g/mol. The van der Waals surface area contributed by atoms with Gasteiger partial charge in [-0.1, -0.05) is 11.3 Å². The summed E-state index contributed by atoms with van der Waals surface area (Å²) in [6.45, 7) is 0. The summed E-state index contributed by atoms with van der Waals surface area (Å²) in [6, 6.07) is 2.77. The fourth-order valence-electron chi connectivity index (χ4n) is 1.24. The van der Waals surface area contributed by atoms with Crippen LogP contribution in [0.15, 0.2) is 21.3 Å². The highest BCUT2D eigenvalue weighted by molar-refractivity contribution is 7.16. The molecule has 0 aliphatic carbocycles. The molecule has 0 radical (unpaired) electrons. The van der Waals surface area contributed by atoms with E-state index in [0.29, 0.717) is 4.70 Å². The zero-order chi connectivity index (χ0) is 11.0. The van der Waals surface area contributed by atoms with Crippen molar-refractivity contribution < 1.29 is 19.1 Å². The number of methoxy groups -OCH3 is 1. The Morgan fingerprint density at radius 1 is 1.53 bits per heavy atom. The highest BCUT2D eigenvalue weighted by Crippen LogP contribution is 2.27. The van der Waals surface area contributed by atoms with Gasteiger partial charge in [0.15, 0.2) is 5.58 Å². The zero-order valence-electron chi connectivity index (χ0n) is 7.64. The van der Waals surface area contributed by atoms with E-state index in [0.717, 1.165) is 11.3 Å². The van der Waals surface area contributed by atoms with Crippen molar-refractivity contribution in [2.75, 3.05) is 7.11 Å². The molecule has 0 saturated heterocycles. The minimum absolute atomic E-state index is 0.0217. The predicted molar refractivity (Wildman–Crippen MR) is 53.9 cm³/mol. The summed E-state index contributed by atoms with van der Waals surface area (Å²) in [5, 5.41) is 8.87. The maximum absolute atomic E-state index is 10.9. The molecular weight excluding hydrogens is 220 g/mol. The van der Waals surface area contributed by atoms with Crippen molar-refractivity contribution in [1.82, 2.24) is 0 Å². The van der Waals surface area contributed by atoms with Gasteiger partial charge in [0.1, 0.15) is 11.3 Å². The van der Waals surface area contributed by atoms with Crippen LogP contribution in [-0.2, 0) is 0 Å². The normalized spacial score (nSPS) is 10.5. The molecule has 0 aliphatic rings. The van der Waals surface area contributed by atoms with Gasteiger partial charge in [-0.05, 0) is 0 Å². The highest BCUT2D eigenvalue weighted by Gasteiger charge is 2.14. The Bertz CT molecular complexity index is 580. The molecule has 1 heterocycles. The summed E-state index contributed by atoms with van der Waals surface area (Å²) in [7, 11) is 1.37. The van der Waals surface area contributed by atoms with Gasteiger partial charge in [0.05, 0.1) is 11.8 Å². The Kier molecular flexibility index (Phi) is 2.20. The molecule has 0 amide bonds. The number of carboxylic acids is 1. The molecule has 78 valence electrons. The molecule has 2 rings (SSSR count). The topological polar surface area (TPSA) is 76.7 Å². The van der Waals surface area contributed by atoms with E-state index < -0.39 is 10.9 Å². The SMILES string of the molecule is COc1cc2sc(=O)oc2cc1C(=O)O. The van der Waals surface area contributed by atoms with Crippen molar-refractivity contribution in [1.29, 1.82) is 0 Å². The van der Waals surface area contributed by atoms with E-state index >= 15 is 0 Å². The molecule has 0 bridgehead atoms. The Labute approximate surface area is 87.5 Å². The van der Waals surface area contributed by atoms with E-state index in [4.69, 9.17) is 14.3 Å². The number of carbonyl (C=O) groups is 1. The molecule has 1 aromatic heterocycles. The highest BCUT2D eigenvalue weighted by atomic mass is 32.1. The van der Waals surface area contributed by atoms with Crippen LogP contribution in [0.25, 0.3) is 10.3 Å². The molecule has 5 nitrogen and oxygen atoms in total. The quantitative estimate of drug-likeness (QED) is 0.840. The van der Waals surface area contributed by atoms with Crippen molar-refractivity contribution in [3.63, 3.8) is 0 Å². The Hall–Kier alpha value is -1.82. The third-order valence-electron chi connectivity index (χ3n) is 1.88. The molecule has 6 heteroatoms. The Morgan fingerprint density at radius 3 is 2.87 bits per heavy atom. The van der Waals surface area contributed by atoms with Gasteiger partial charge in [-0.15, -0.1) is 0 Å². The second-order valence-corrected chi connectivity index (χ2v) is 3.74. The number of rotatable bonds is 2. The molecule has 0 atom stereocenters. The third kappa shape index (κ3) is 1.59. The largest absolute Gasteiger partial charge is 0.496 e. The van der Waals surface area contributed by atoms with Gasteiger partial charge in [0.25, 0.3) is 0 Å². The van der Waals surface area contributed by atoms with Gasteiger partial charge in [0, 0.05) is 12.1 Å². The lowest BCUT2D eigenvalue weighted by Gasteiger charge is -2.03. The Morgan fingerprint density at radius 2 is 2.27 bits per heavy atom. The van der Waals surface area contributed by atoms with Crippen LogP contribution >= 0.6 is 11.3 Å². The van der Waals surface area contributed by atoms with Crippen LogP contribution in [0.2, 0.25) is 0 Å². The molecule has 1 aromatic carbocycles. The van der Waals surface area contributed by atoms with E-state index in [1.165, 1.54) is 19.2 Å².